The smallest absolute Gasteiger partial charge is 0.190 e. The highest BCUT2D eigenvalue weighted by Crippen LogP contribution is 2.12. The number of hydrogen-bond donors (Lipinski definition) is 2. The third kappa shape index (κ3) is 7.81. The van der Waals surface area contributed by atoms with Crippen molar-refractivity contribution in [2.24, 2.45) is 4.99 Å². The van der Waals surface area contributed by atoms with Crippen LogP contribution in [0.25, 0.3) is 0 Å². The van der Waals surface area contributed by atoms with Crippen molar-refractivity contribution in [3.05, 3.63) is 11.6 Å². The summed E-state index contributed by atoms with van der Waals surface area (Å²) in [6.07, 6.45) is 7.88. The van der Waals surface area contributed by atoms with Crippen molar-refractivity contribution in [3.63, 3.8) is 0 Å². The summed E-state index contributed by atoms with van der Waals surface area (Å²) in [6.45, 7) is 5.76. The third-order valence-electron chi connectivity index (χ3n) is 4.11. The quantitative estimate of drug-likeness (QED) is 0.291. The van der Waals surface area contributed by atoms with Gasteiger partial charge in [0.25, 0.3) is 0 Å². The molecule has 2 aliphatic rings. The maximum absolute atomic E-state index is 5.65. The number of ether oxygens (including phenoxy) is 3. The summed E-state index contributed by atoms with van der Waals surface area (Å²) in [4.78, 5) is 4.24. The Bertz CT molecular complexity index is 379. The lowest BCUT2D eigenvalue weighted by Gasteiger charge is -2.15. The normalized spacial score (nSPS) is 22.0. The van der Waals surface area contributed by atoms with Crippen LogP contribution in [0.15, 0.2) is 16.6 Å². The van der Waals surface area contributed by atoms with Gasteiger partial charge in [0, 0.05) is 33.4 Å². The molecule has 0 spiro atoms. The molecular weight excluding hydrogens is 294 g/mol. The molecule has 0 bridgehead atoms. The maximum Gasteiger partial charge on any atom is 0.190 e. The van der Waals surface area contributed by atoms with Crippen molar-refractivity contribution in [1.82, 2.24) is 10.6 Å². The van der Waals surface area contributed by atoms with Crippen LogP contribution in [0.4, 0.5) is 0 Å². The molecule has 1 unspecified atom stereocenters. The lowest BCUT2D eigenvalue weighted by Crippen LogP contribution is -2.38. The third-order valence-corrected chi connectivity index (χ3v) is 4.11. The van der Waals surface area contributed by atoms with Gasteiger partial charge in [-0.1, -0.05) is 11.6 Å². The van der Waals surface area contributed by atoms with Crippen molar-refractivity contribution in [2.75, 3.05) is 53.2 Å². The molecule has 23 heavy (non-hydrogen) atoms. The minimum atomic E-state index is 0.317. The highest BCUT2D eigenvalue weighted by Gasteiger charge is 2.14. The van der Waals surface area contributed by atoms with E-state index in [0.717, 1.165) is 77.8 Å². The summed E-state index contributed by atoms with van der Waals surface area (Å²) in [6, 6.07) is 0. The Morgan fingerprint density at radius 1 is 1.35 bits per heavy atom. The molecule has 2 heterocycles. The Morgan fingerprint density at radius 3 is 3.00 bits per heavy atom. The van der Waals surface area contributed by atoms with Crippen LogP contribution in [0.1, 0.15) is 32.1 Å². The summed E-state index contributed by atoms with van der Waals surface area (Å²) in [5, 5.41) is 6.67. The summed E-state index contributed by atoms with van der Waals surface area (Å²) >= 11 is 0. The van der Waals surface area contributed by atoms with Crippen LogP contribution < -0.4 is 10.6 Å². The molecule has 2 aliphatic heterocycles. The molecule has 2 rings (SSSR count). The Hall–Kier alpha value is -1.11. The van der Waals surface area contributed by atoms with Crippen LogP contribution in [0.5, 0.6) is 0 Å². The SMILES string of the molecule is CN=C(NCCCOCC1CCCO1)NCCC1=CCOCC1. The van der Waals surface area contributed by atoms with Crippen LogP contribution in [0.2, 0.25) is 0 Å². The number of nitrogens with one attached hydrogen (secondary N) is 2. The zero-order valence-electron chi connectivity index (χ0n) is 14.3. The van der Waals surface area contributed by atoms with Gasteiger partial charge in [-0.2, -0.15) is 0 Å². The van der Waals surface area contributed by atoms with Crippen molar-refractivity contribution in [2.45, 2.75) is 38.2 Å². The molecule has 1 fully saturated rings. The Labute approximate surface area is 139 Å². The van der Waals surface area contributed by atoms with Crippen molar-refractivity contribution < 1.29 is 14.2 Å². The molecule has 0 radical (unpaired) electrons. The lowest BCUT2D eigenvalue weighted by atomic mass is 10.1. The predicted molar refractivity (Wildman–Crippen MR) is 91.9 cm³/mol. The van der Waals surface area contributed by atoms with Crippen molar-refractivity contribution in [3.8, 4) is 0 Å². The van der Waals surface area contributed by atoms with E-state index in [4.69, 9.17) is 14.2 Å². The van der Waals surface area contributed by atoms with Gasteiger partial charge in [-0.15, -0.1) is 0 Å². The van der Waals surface area contributed by atoms with Gasteiger partial charge in [-0.25, -0.2) is 0 Å². The first-order chi connectivity index (χ1) is 11.4. The van der Waals surface area contributed by atoms with E-state index >= 15 is 0 Å². The molecule has 0 aromatic rings. The van der Waals surface area contributed by atoms with Crippen LogP contribution in [0, 0.1) is 0 Å². The summed E-state index contributed by atoms with van der Waals surface area (Å²) in [5.74, 6) is 0.858. The molecule has 0 saturated carbocycles. The first kappa shape index (κ1) is 18.2. The molecule has 2 N–H and O–H groups in total. The molecule has 1 saturated heterocycles. The lowest BCUT2D eigenvalue weighted by molar-refractivity contribution is 0.0168. The summed E-state index contributed by atoms with van der Waals surface area (Å²) in [7, 11) is 1.80. The number of nitrogens with zero attached hydrogens (tertiary/aromatic N) is 1. The van der Waals surface area contributed by atoms with Gasteiger partial charge >= 0.3 is 0 Å². The van der Waals surface area contributed by atoms with Crippen molar-refractivity contribution in [1.29, 1.82) is 0 Å². The molecule has 6 heteroatoms. The Morgan fingerprint density at radius 2 is 2.26 bits per heavy atom. The molecule has 0 aliphatic carbocycles. The van der Waals surface area contributed by atoms with E-state index in [1.54, 1.807) is 7.05 Å². The second-order valence-corrected chi connectivity index (χ2v) is 5.93. The Balaban J connectivity index is 1.45. The second-order valence-electron chi connectivity index (χ2n) is 5.93. The van der Waals surface area contributed by atoms with Crippen LogP contribution >= 0.6 is 0 Å². The number of rotatable bonds is 9. The van der Waals surface area contributed by atoms with E-state index in [0.29, 0.717) is 6.10 Å². The zero-order valence-corrected chi connectivity index (χ0v) is 14.3. The fraction of sp³-hybridized carbons (Fsp3) is 0.824. The van der Waals surface area contributed by atoms with Crippen LogP contribution in [-0.4, -0.2) is 65.2 Å². The fourth-order valence-corrected chi connectivity index (χ4v) is 2.73. The van der Waals surface area contributed by atoms with E-state index < -0.39 is 0 Å². The molecule has 0 aromatic heterocycles. The topological polar surface area (TPSA) is 64.1 Å². The minimum Gasteiger partial charge on any atom is -0.379 e. The van der Waals surface area contributed by atoms with E-state index in [1.165, 1.54) is 12.0 Å². The number of guanidine groups is 1. The summed E-state index contributed by atoms with van der Waals surface area (Å²) < 4.78 is 16.5. The maximum atomic E-state index is 5.65. The zero-order chi connectivity index (χ0) is 16.2. The number of aliphatic imine (C=N–C) groups is 1. The van der Waals surface area contributed by atoms with Gasteiger partial charge in [0.15, 0.2) is 5.96 Å². The van der Waals surface area contributed by atoms with E-state index in [9.17, 15) is 0 Å². The predicted octanol–water partition coefficient (Wildman–Crippen LogP) is 1.47. The van der Waals surface area contributed by atoms with E-state index in [2.05, 4.69) is 21.7 Å². The standard InChI is InChI=1S/C17H31N3O3/c1-18-17(20-9-5-15-6-12-21-13-7-15)19-8-3-10-22-14-16-4-2-11-23-16/h6,16H,2-5,7-14H2,1H3,(H2,18,19,20). The average Bonchev–Trinajstić information content (AvgIpc) is 3.10. The largest absolute Gasteiger partial charge is 0.379 e. The monoisotopic (exact) mass is 325 g/mol. The summed E-state index contributed by atoms with van der Waals surface area (Å²) in [5.41, 5.74) is 1.47. The molecule has 1 atom stereocenters. The van der Waals surface area contributed by atoms with Gasteiger partial charge < -0.3 is 24.8 Å². The van der Waals surface area contributed by atoms with Gasteiger partial charge in [-0.3, -0.25) is 4.99 Å². The molecule has 6 nitrogen and oxygen atoms in total. The minimum absolute atomic E-state index is 0.317. The average molecular weight is 325 g/mol. The molecular formula is C17H31N3O3. The van der Waals surface area contributed by atoms with E-state index in [1.807, 2.05) is 0 Å². The number of hydrogen-bond acceptors (Lipinski definition) is 4. The van der Waals surface area contributed by atoms with Crippen LogP contribution in [0.3, 0.4) is 0 Å². The fourth-order valence-electron chi connectivity index (χ4n) is 2.73. The van der Waals surface area contributed by atoms with E-state index in [-0.39, 0.29) is 0 Å². The first-order valence-corrected chi connectivity index (χ1v) is 8.78. The second kappa shape index (κ2) is 11.4. The Kier molecular flexibility index (Phi) is 9.06. The van der Waals surface area contributed by atoms with Crippen LogP contribution in [-0.2, 0) is 14.2 Å². The molecule has 132 valence electrons. The van der Waals surface area contributed by atoms with Gasteiger partial charge in [0.05, 0.1) is 25.9 Å². The highest BCUT2D eigenvalue weighted by atomic mass is 16.5. The van der Waals surface area contributed by atoms with Gasteiger partial charge in [0.2, 0.25) is 0 Å². The van der Waals surface area contributed by atoms with Gasteiger partial charge in [-0.05, 0) is 32.1 Å². The first-order valence-electron chi connectivity index (χ1n) is 8.78. The van der Waals surface area contributed by atoms with Gasteiger partial charge in [0.1, 0.15) is 0 Å². The van der Waals surface area contributed by atoms with Crippen molar-refractivity contribution >= 4 is 5.96 Å². The highest BCUT2D eigenvalue weighted by molar-refractivity contribution is 5.79. The molecule has 0 aromatic carbocycles. The molecule has 0 amide bonds.